The van der Waals surface area contributed by atoms with E-state index in [0.717, 1.165) is 25.9 Å². The number of likely N-dealkylation sites (tertiary alicyclic amines) is 2. The molecule has 3 fully saturated rings. The summed E-state index contributed by atoms with van der Waals surface area (Å²) >= 11 is 0. The van der Waals surface area contributed by atoms with Gasteiger partial charge in [0.25, 0.3) is 0 Å². The van der Waals surface area contributed by atoms with E-state index < -0.39 is 0 Å². The number of hydrogen-bond acceptors (Lipinski definition) is 3. The van der Waals surface area contributed by atoms with Gasteiger partial charge in [0, 0.05) is 25.2 Å². The lowest BCUT2D eigenvalue weighted by atomic mass is 9.93. The van der Waals surface area contributed by atoms with Crippen LogP contribution in [0.15, 0.2) is 24.3 Å². The van der Waals surface area contributed by atoms with Crippen molar-refractivity contribution < 1.29 is 4.79 Å². The Kier molecular flexibility index (Phi) is 6.14. The Labute approximate surface area is 164 Å². The molecule has 0 aromatic heterocycles. The van der Waals surface area contributed by atoms with Gasteiger partial charge in [0.1, 0.15) is 0 Å². The number of hydrogen-bond donors (Lipinski definition) is 1. The fourth-order valence-electron chi connectivity index (χ4n) is 4.84. The topological polar surface area (TPSA) is 35.6 Å². The van der Waals surface area contributed by atoms with Crippen LogP contribution in [0.1, 0.15) is 56.6 Å². The third-order valence-corrected chi connectivity index (χ3v) is 6.71. The van der Waals surface area contributed by atoms with E-state index >= 15 is 0 Å². The predicted molar refractivity (Wildman–Crippen MR) is 110 cm³/mol. The van der Waals surface area contributed by atoms with Gasteiger partial charge in [-0.15, -0.1) is 0 Å². The summed E-state index contributed by atoms with van der Waals surface area (Å²) in [6, 6.07) is 10.0. The Morgan fingerprint density at radius 3 is 2.48 bits per heavy atom. The van der Waals surface area contributed by atoms with E-state index in [1.165, 1.54) is 62.9 Å². The summed E-state index contributed by atoms with van der Waals surface area (Å²) in [6.07, 6.45) is 8.21. The zero-order valence-electron chi connectivity index (χ0n) is 16.8. The fourth-order valence-corrected chi connectivity index (χ4v) is 4.84. The summed E-state index contributed by atoms with van der Waals surface area (Å²) in [5.41, 5.74) is 2.98. The van der Waals surface area contributed by atoms with Crippen LogP contribution in [0, 0.1) is 5.92 Å². The van der Waals surface area contributed by atoms with Gasteiger partial charge in [-0.1, -0.05) is 31.2 Å². The molecule has 4 nitrogen and oxygen atoms in total. The first-order valence-corrected chi connectivity index (χ1v) is 11.1. The van der Waals surface area contributed by atoms with E-state index in [9.17, 15) is 4.79 Å². The number of nitrogens with one attached hydrogen (secondary N) is 1. The smallest absolute Gasteiger partial charge is 0.224 e. The molecule has 1 aliphatic carbocycles. The number of piperidine rings is 2. The number of amides is 1. The molecule has 0 unspecified atom stereocenters. The maximum absolute atomic E-state index is 12.4. The minimum absolute atomic E-state index is 0.216. The predicted octanol–water partition coefficient (Wildman–Crippen LogP) is 3.20. The molecule has 1 saturated carbocycles. The minimum atomic E-state index is 0.216. The summed E-state index contributed by atoms with van der Waals surface area (Å²) in [6.45, 7) is 7.84. The van der Waals surface area contributed by atoms with Crippen LogP contribution in [-0.2, 0) is 17.8 Å². The maximum atomic E-state index is 12.4. The molecule has 0 bridgehead atoms. The molecule has 2 heterocycles. The number of benzene rings is 1. The van der Waals surface area contributed by atoms with Crippen LogP contribution in [0.25, 0.3) is 0 Å². The summed E-state index contributed by atoms with van der Waals surface area (Å²) < 4.78 is 0. The van der Waals surface area contributed by atoms with E-state index in [1.54, 1.807) is 0 Å². The molecule has 0 radical (unpaired) electrons. The lowest BCUT2D eigenvalue weighted by Gasteiger charge is -2.42. The molecule has 1 N–H and O–H groups in total. The molecule has 0 spiro atoms. The van der Waals surface area contributed by atoms with Gasteiger partial charge in [-0.05, 0) is 75.7 Å². The quantitative estimate of drug-likeness (QED) is 0.836. The van der Waals surface area contributed by atoms with E-state index in [2.05, 4.69) is 46.3 Å². The summed E-state index contributed by atoms with van der Waals surface area (Å²) in [5.74, 6) is 0.532. The first kappa shape index (κ1) is 18.9. The Morgan fingerprint density at radius 1 is 1.04 bits per heavy atom. The first-order chi connectivity index (χ1) is 13.2. The van der Waals surface area contributed by atoms with E-state index in [4.69, 9.17) is 0 Å². The van der Waals surface area contributed by atoms with Crippen molar-refractivity contribution in [2.24, 2.45) is 5.92 Å². The van der Waals surface area contributed by atoms with Crippen molar-refractivity contribution in [3.63, 3.8) is 0 Å². The second kappa shape index (κ2) is 8.74. The standard InChI is InChI=1S/C23H35N3O/c1-2-18-6-3-4-7-19(18)16-25-14-11-22(12-15-25)26-13-5-8-20(17-26)23(27)24-21-9-10-21/h3-4,6-7,20-22H,2,5,8-17H2,1H3,(H,24,27)/t20-/m1/s1. The number of carbonyl (C=O) groups excluding carboxylic acids is 1. The van der Waals surface area contributed by atoms with E-state index in [1.807, 2.05) is 0 Å². The van der Waals surface area contributed by atoms with Crippen LogP contribution in [0.3, 0.4) is 0 Å². The van der Waals surface area contributed by atoms with E-state index in [0.29, 0.717) is 18.0 Å². The van der Waals surface area contributed by atoms with Crippen LogP contribution >= 0.6 is 0 Å². The third-order valence-electron chi connectivity index (χ3n) is 6.71. The number of carbonyl (C=O) groups is 1. The van der Waals surface area contributed by atoms with Gasteiger partial charge in [0.2, 0.25) is 5.91 Å². The van der Waals surface area contributed by atoms with Crippen LogP contribution in [0.4, 0.5) is 0 Å². The Hall–Kier alpha value is -1.39. The van der Waals surface area contributed by atoms with Crippen molar-refractivity contribution in [2.45, 2.75) is 70.5 Å². The van der Waals surface area contributed by atoms with Gasteiger partial charge in [0.05, 0.1) is 5.92 Å². The Balaban J connectivity index is 1.26. The van der Waals surface area contributed by atoms with Gasteiger partial charge in [-0.3, -0.25) is 14.6 Å². The largest absolute Gasteiger partial charge is 0.353 e. The average Bonchev–Trinajstić information content (AvgIpc) is 3.53. The highest BCUT2D eigenvalue weighted by Crippen LogP contribution is 2.26. The van der Waals surface area contributed by atoms with Gasteiger partial charge in [-0.25, -0.2) is 0 Å². The molecule has 1 atom stereocenters. The Morgan fingerprint density at radius 2 is 1.78 bits per heavy atom. The van der Waals surface area contributed by atoms with Crippen LogP contribution in [0.5, 0.6) is 0 Å². The molecule has 2 saturated heterocycles. The zero-order chi connectivity index (χ0) is 18.6. The summed E-state index contributed by atoms with van der Waals surface area (Å²) in [4.78, 5) is 17.7. The van der Waals surface area contributed by atoms with Crippen molar-refractivity contribution in [3.8, 4) is 0 Å². The molecular formula is C23H35N3O. The second-order valence-corrected chi connectivity index (χ2v) is 8.75. The first-order valence-electron chi connectivity index (χ1n) is 11.1. The molecule has 3 aliphatic rings. The molecule has 4 rings (SSSR count). The van der Waals surface area contributed by atoms with Crippen molar-refractivity contribution in [2.75, 3.05) is 26.2 Å². The minimum Gasteiger partial charge on any atom is -0.353 e. The van der Waals surface area contributed by atoms with Crippen molar-refractivity contribution in [1.29, 1.82) is 0 Å². The fraction of sp³-hybridized carbons (Fsp3) is 0.696. The maximum Gasteiger partial charge on any atom is 0.224 e. The second-order valence-electron chi connectivity index (χ2n) is 8.75. The number of rotatable bonds is 6. The monoisotopic (exact) mass is 369 g/mol. The lowest BCUT2D eigenvalue weighted by Crippen LogP contribution is -2.50. The van der Waals surface area contributed by atoms with Gasteiger partial charge >= 0.3 is 0 Å². The molecule has 1 aromatic carbocycles. The molecule has 2 aliphatic heterocycles. The van der Waals surface area contributed by atoms with Crippen molar-refractivity contribution >= 4 is 5.91 Å². The molecule has 27 heavy (non-hydrogen) atoms. The van der Waals surface area contributed by atoms with Crippen LogP contribution < -0.4 is 5.32 Å². The average molecular weight is 370 g/mol. The number of aryl methyl sites for hydroxylation is 1. The normalized spacial score (nSPS) is 25.4. The third kappa shape index (κ3) is 4.91. The van der Waals surface area contributed by atoms with Gasteiger partial charge < -0.3 is 5.32 Å². The summed E-state index contributed by atoms with van der Waals surface area (Å²) in [7, 11) is 0. The highest BCUT2D eigenvalue weighted by Gasteiger charge is 2.33. The van der Waals surface area contributed by atoms with Gasteiger partial charge in [0.15, 0.2) is 0 Å². The molecular weight excluding hydrogens is 334 g/mol. The molecule has 1 amide bonds. The van der Waals surface area contributed by atoms with Crippen LogP contribution in [0.2, 0.25) is 0 Å². The lowest BCUT2D eigenvalue weighted by molar-refractivity contribution is -0.127. The zero-order valence-corrected chi connectivity index (χ0v) is 16.8. The highest BCUT2D eigenvalue weighted by atomic mass is 16.2. The van der Waals surface area contributed by atoms with Gasteiger partial charge in [-0.2, -0.15) is 0 Å². The molecule has 148 valence electrons. The highest BCUT2D eigenvalue weighted by molar-refractivity contribution is 5.79. The molecule has 1 aromatic rings. The van der Waals surface area contributed by atoms with Crippen molar-refractivity contribution in [3.05, 3.63) is 35.4 Å². The summed E-state index contributed by atoms with van der Waals surface area (Å²) in [5, 5.41) is 3.22. The van der Waals surface area contributed by atoms with E-state index in [-0.39, 0.29) is 5.92 Å². The van der Waals surface area contributed by atoms with Crippen LogP contribution in [-0.4, -0.2) is 54.0 Å². The number of nitrogens with zero attached hydrogens (tertiary/aromatic N) is 2. The van der Waals surface area contributed by atoms with Crippen molar-refractivity contribution in [1.82, 2.24) is 15.1 Å². The molecule has 4 heteroatoms. The Bertz CT molecular complexity index is 634. The SMILES string of the molecule is CCc1ccccc1CN1CCC(N2CCC[C@@H](C(=O)NC3CC3)C2)CC1.